The fraction of sp³-hybridized carbons (Fsp3) is 0.357. The number of halogens is 3. The fourth-order valence-corrected chi connectivity index (χ4v) is 2.11. The van der Waals surface area contributed by atoms with Gasteiger partial charge in [-0.2, -0.15) is 0 Å². The monoisotopic (exact) mass is 334 g/mol. The highest BCUT2D eigenvalue weighted by Crippen LogP contribution is 2.38. The molecule has 1 aliphatic heterocycles. The van der Waals surface area contributed by atoms with Crippen LogP contribution in [-0.4, -0.2) is 16.1 Å². The number of carbonyl (C=O) groups excluding carboxylic acids is 1. The van der Waals surface area contributed by atoms with E-state index in [0.29, 0.717) is 0 Å². The maximum atomic E-state index is 11.7. The first kappa shape index (κ1) is 15.5. The van der Waals surface area contributed by atoms with Crippen LogP contribution in [0.25, 0.3) is 6.08 Å². The first-order chi connectivity index (χ1) is 9.20. The summed E-state index contributed by atoms with van der Waals surface area (Å²) in [5, 5.41) is 0. The van der Waals surface area contributed by atoms with Gasteiger partial charge in [-0.15, -0.1) is 0 Å². The summed E-state index contributed by atoms with van der Waals surface area (Å²) in [6.45, 7) is 6.02. The van der Waals surface area contributed by atoms with E-state index in [2.05, 4.69) is 0 Å². The second-order valence-corrected chi connectivity index (χ2v) is 7.00. The van der Waals surface area contributed by atoms with Gasteiger partial charge in [0.1, 0.15) is 0 Å². The summed E-state index contributed by atoms with van der Waals surface area (Å²) < 4.78 is 8.32. The lowest BCUT2D eigenvalue weighted by Crippen LogP contribution is -2.26. The molecule has 0 aliphatic carbocycles. The Morgan fingerprint density at radius 1 is 1.10 bits per heavy atom. The summed E-state index contributed by atoms with van der Waals surface area (Å²) in [5.41, 5.74) is 4.26. The summed E-state index contributed by atoms with van der Waals surface area (Å²) in [7, 11) is 0. The van der Waals surface area contributed by atoms with Gasteiger partial charge in [0.15, 0.2) is 0 Å². The Morgan fingerprint density at radius 3 is 2.30 bits per heavy atom. The smallest absolute Gasteiger partial charge is 0.377 e. The maximum absolute atomic E-state index is 11.7. The van der Waals surface area contributed by atoms with Crippen molar-refractivity contribution in [3.8, 4) is 0 Å². The third kappa shape index (κ3) is 3.05. The van der Waals surface area contributed by atoms with Crippen molar-refractivity contribution in [3.05, 3.63) is 40.1 Å². The molecule has 1 aromatic carbocycles. The fourth-order valence-electron chi connectivity index (χ4n) is 1.84. The highest BCUT2D eigenvalue weighted by molar-refractivity contribution is 6.68. The zero-order valence-electron chi connectivity index (χ0n) is 11.2. The second kappa shape index (κ2) is 5.47. The zero-order chi connectivity index (χ0) is 15.1. The minimum absolute atomic E-state index is 0.0349. The topological polar surface area (TPSA) is 35.5 Å². The molecule has 1 aromatic rings. The molecule has 1 aliphatic rings. The normalized spacial score (nSPS) is 21.0. The van der Waals surface area contributed by atoms with Crippen molar-refractivity contribution < 1.29 is 14.3 Å². The Labute approximate surface area is 132 Å². The molecule has 1 atom stereocenters. The molecule has 0 saturated carbocycles. The molecular weight excluding hydrogens is 323 g/mol. The van der Waals surface area contributed by atoms with Crippen LogP contribution in [0.5, 0.6) is 0 Å². The SMILES string of the molecule is Cc1ccc(/C=C2\OC(C(Cl)(Cl)Cl)OC2=O)c(C)c1C. The number of carbonyl (C=O) groups is 1. The number of aryl methyl sites for hydroxylation is 1. The van der Waals surface area contributed by atoms with E-state index in [0.717, 1.165) is 16.7 Å². The molecule has 0 aromatic heterocycles. The van der Waals surface area contributed by atoms with E-state index in [4.69, 9.17) is 44.3 Å². The van der Waals surface area contributed by atoms with Gasteiger partial charge in [-0.05, 0) is 49.1 Å². The van der Waals surface area contributed by atoms with Gasteiger partial charge in [0, 0.05) is 0 Å². The van der Waals surface area contributed by atoms with Crippen LogP contribution in [0.3, 0.4) is 0 Å². The van der Waals surface area contributed by atoms with Crippen LogP contribution in [0.4, 0.5) is 0 Å². The first-order valence-corrected chi connectivity index (χ1v) is 7.06. The quantitative estimate of drug-likeness (QED) is 0.438. The molecule has 2 rings (SSSR count). The standard InChI is InChI=1S/C14H13Cl3O3/c1-7-4-5-10(9(3)8(7)2)6-11-12(18)20-13(19-11)14(15,16)17/h4-6,13H,1-3H3/b11-6-. The van der Waals surface area contributed by atoms with Crippen LogP contribution in [0.2, 0.25) is 0 Å². The van der Waals surface area contributed by atoms with Crippen molar-refractivity contribution in [2.75, 3.05) is 0 Å². The van der Waals surface area contributed by atoms with Crippen LogP contribution < -0.4 is 0 Å². The summed E-state index contributed by atoms with van der Waals surface area (Å²) >= 11 is 17.0. The van der Waals surface area contributed by atoms with Crippen LogP contribution in [0.15, 0.2) is 17.9 Å². The summed E-state index contributed by atoms with van der Waals surface area (Å²) in [6, 6.07) is 3.88. The van der Waals surface area contributed by atoms with Crippen LogP contribution in [0.1, 0.15) is 22.3 Å². The average Bonchev–Trinajstić information content (AvgIpc) is 2.72. The Bertz CT molecular complexity index is 588. The van der Waals surface area contributed by atoms with Crippen LogP contribution in [-0.2, 0) is 14.3 Å². The van der Waals surface area contributed by atoms with Gasteiger partial charge in [0.2, 0.25) is 5.76 Å². The van der Waals surface area contributed by atoms with E-state index in [1.807, 2.05) is 32.9 Å². The molecule has 20 heavy (non-hydrogen) atoms. The van der Waals surface area contributed by atoms with Crippen LogP contribution >= 0.6 is 34.8 Å². The van der Waals surface area contributed by atoms with E-state index < -0.39 is 16.1 Å². The summed E-state index contributed by atoms with van der Waals surface area (Å²) in [6.07, 6.45) is 0.374. The predicted octanol–water partition coefficient (Wildman–Crippen LogP) is 4.22. The molecular formula is C14H13Cl3O3. The molecule has 1 unspecified atom stereocenters. The molecule has 108 valence electrons. The predicted molar refractivity (Wildman–Crippen MR) is 79.9 cm³/mol. The van der Waals surface area contributed by atoms with Gasteiger partial charge in [-0.3, -0.25) is 0 Å². The lowest BCUT2D eigenvalue weighted by Gasteiger charge is -2.16. The molecule has 0 N–H and O–H groups in total. The molecule has 1 fully saturated rings. The van der Waals surface area contributed by atoms with E-state index in [1.54, 1.807) is 6.08 Å². The van der Waals surface area contributed by atoms with Gasteiger partial charge < -0.3 is 9.47 Å². The number of cyclic esters (lactones) is 1. The molecule has 0 amide bonds. The number of benzene rings is 1. The second-order valence-electron chi connectivity index (χ2n) is 4.63. The number of esters is 1. The van der Waals surface area contributed by atoms with Gasteiger partial charge in [-0.1, -0.05) is 46.9 Å². The summed E-state index contributed by atoms with van der Waals surface area (Å²) in [5.74, 6) is -0.605. The highest BCUT2D eigenvalue weighted by atomic mass is 35.6. The average molecular weight is 336 g/mol. The highest BCUT2D eigenvalue weighted by Gasteiger charge is 2.44. The Balaban J connectivity index is 2.33. The lowest BCUT2D eigenvalue weighted by molar-refractivity contribution is -0.142. The minimum Gasteiger partial charge on any atom is -0.443 e. The number of hydrogen-bond acceptors (Lipinski definition) is 3. The van der Waals surface area contributed by atoms with Crippen molar-refractivity contribution in [1.82, 2.24) is 0 Å². The van der Waals surface area contributed by atoms with Gasteiger partial charge in [0.25, 0.3) is 10.1 Å². The third-order valence-corrected chi connectivity index (χ3v) is 3.84. The van der Waals surface area contributed by atoms with Crippen molar-refractivity contribution >= 4 is 46.8 Å². The largest absolute Gasteiger partial charge is 0.443 e. The maximum Gasteiger partial charge on any atom is 0.377 e. The van der Waals surface area contributed by atoms with E-state index in [-0.39, 0.29) is 5.76 Å². The number of ether oxygens (including phenoxy) is 2. The minimum atomic E-state index is -1.82. The molecule has 0 radical (unpaired) electrons. The molecule has 3 nitrogen and oxygen atoms in total. The van der Waals surface area contributed by atoms with Crippen molar-refractivity contribution in [2.45, 2.75) is 30.9 Å². The van der Waals surface area contributed by atoms with E-state index >= 15 is 0 Å². The summed E-state index contributed by atoms with van der Waals surface area (Å²) in [4.78, 5) is 11.7. The number of hydrogen-bond donors (Lipinski definition) is 0. The van der Waals surface area contributed by atoms with Crippen molar-refractivity contribution in [1.29, 1.82) is 0 Å². The number of alkyl halides is 3. The zero-order valence-corrected chi connectivity index (χ0v) is 13.4. The van der Waals surface area contributed by atoms with Gasteiger partial charge >= 0.3 is 5.97 Å². The molecule has 6 heteroatoms. The third-order valence-electron chi connectivity index (χ3n) is 3.30. The Kier molecular flexibility index (Phi) is 4.24. The Morgan fingerprint density at radius 2 is 1.75 bits per heavy atom. The lowest BCUT2D eigenvalue weighted by atomic mass is 9.98. The first-order valence-electron chi connectivity index (χ1n) is 5.93. The van der Waals surface area contributed by atoms with Crippen molar-refractivity contribution in [2.24, 2.45) is 0 Å². The molecule has 1 saturated heterocycles. The molecule has 0 bridgehead atoms. The number of rotatable bonds is 1. The Hall–Kier alpha value is -0.900. The van der Waals surface area contributed by atoms with E-state index in [1.165, 1.54) is 5.56 Å². The molecule has 1 heterocycles. The van der Waals surface area contributed by atoms with Crippen molar-refractivity contribution in [3.63, 3.8) is 0 Å². The van der Waals surface area contributed by atoms with E-state index in [9.17, 15) is 4.79 Å². The molecule has 0 spiro atoms. The van der Waals surface area contributed by atoms with Gasteiger partial charge in [-0.25, -0.2) is 4.79 Å². The van der Waals surface area contributed by atoms with Crippen LogP contribution in [0, 0.1) is 20.8 Å². The van der Waals surface area contributed by atoms with Gasteiger partial charge in [0.05, 0.1) is 0 Å².